The number of nitro groups is 1. The molecule has 10 nitrogen and oxygen atoms in total. The fourth-order valence-electron chi connectivity index (χ4n) is 3.59. The summed E-state index contributed by atoms with van der Waals surface area (Å²) in [6.45, 7) is 0.931. The molecule has 1 amide bonds. The van der Waals surface area contributed by atoms with Crippen molar-refractivity contribution in [1.82, 2.24) is 9.55 Å². The number of thioether (sulfide) groups is 2. The highest BCUT2D eigenvalue weighted by atomic mass is 32.2. The molecular weight excluding hydrogens is 480 g/mol. The fourth-order valence-corrected chi connectivity index (χ4v) is 5.44. The van der Waals surface area contributed by atoms with Crippen LogP contribution in [0.25, 0.3) is 5.69 Å². The second-order valence-corrected chi connectivity index (χ2v) is 9.43. The number of carbonyl (C=O) groups is 1. The largest absolute Gasteiger partial charge is 0.486 e. The van der Waals surface area contributed by atoms with E-state index in [-0.39, 0.29) is 22.9 Å². The maximum atomic E-state index is 13.2. The molecule has 3 aromatic rings. The molecule has 174 valence electrons. The minimum Gasteiger partial charge on any atom is -0.486 e. The minimum absolute atomic E-state index is 0.0137. The summed E-state index contributed by atoms with van der Waals surface area (Å²) in [5.41, 5.74) is 1.42. The Morgan fingerprint density at radius 2 is 1.94 bits per heavy atom. The summed E-state index contributed by atoms with van der Waals surface area (Å²) in [4.78, 5) is 41.6. The van der Waals surface area contributed by atoms with Gasteiger partial charge in [-0.3, -0.25) is 24.3 Å². The Hall–Kier alpha value is -3.51. The van der Waals surface area contributed by atoms with Gasteiger partial charge in [-0.15, -0.1) is 11.8 Å². The molecule has 0 fully saturated rings. The number of aryl methyl sites for hydroxylation is 1. The van der Waals surface area contributed by atoms with Crippen LogP contribution in [0, 0.1) is 10.1 Å². The van der Waals surface area contributed by atoms with Crippen LogP contribution in [0.3, 0.4) is 0 Å². The standard InChI is InChI=1S/C22H18N4O6S2/c27-19(23-13-1-6-17-18(11-13)32-9-8-31-17)12-34-22-24-16-7-10-33-20(16)21(28)25(22)14-2-4-15(5-3-14)26(29)30/h1-6,11H,7-10,12H2,(H,23,27). The smallest absolute Gasteiger partial charge is 0.272 e. The van der Waals surface area contributed by atoms with Crippen LogP contribution in [0.15, 0.2) is 57.3 Å². The Bertz CT molecular complexity index is 1340. The first-order valence-corrected chi connectivity index (χ1v) is 12.3. The molecule has 0 saturated heterocycles. The zero-order valence-corrected chi connectivity index (χ0v) is 19.3. The summed E-state index contributed by atoms with van der Waals surface area (Å²) >= 11 is 2.57. The Morgan fingerprint density at radius 1 is 1.18 bits per heavy atom. The predicted octanol–water partition coefficient (Wildman–Crippen LogP) is 3.29. The molecule has 34 heavy (non-hydrogen) atoms. The number of benzene rings is 2. The summed E-state index contributed by atoms with van der Waals surface area (Å²) < 4.78 is 12.4. The van der Waals surface area contributed by atoms with Crippen molar-refractivity contribution in [3.8, 4) is 17.2 Å². The first-order valence-electron chi connectivity index (χ1n) is 10.4. The number of nitrogens with one attached hydrogen (secondary N) is 1. The van der Waals surface area contributed by atoms with E-state index in [0.717, 1.165) is 17.5 Å². The minimum atomic E-state index is -0.499. The second-order valence-electron chi connectivity index (χ2n) is 7.38. The van der Waals surface area contributed by atoms with Gasteiger partial charge in [0.05, 0.1) is 27.0 Å². The molecule has 1 aromatic heterocycles. The Labute approximate surface area is 201 Å². The van der Waals surface area contributed by atoms with Crippen LogP contribution >= 0.6 is 23.5 Å². The molecule has 0 aliphatic carbocycles. The molecule has 1 N–H and O–H groups in total. The third kappa shape index (κ3) is 4.46. The normalized spacial score (nSPS) is 13.9. The SMILES string of the molecule is O=C(CSc1nc2c(c(=O)n1-c1ccc([N+](=O)[O-])cc1)SCC2)Nc1ccc2c(c1)OCCO2. The summed E-state index contributed by atoms with van der Waals surface area (Å²) in [7, 11) is 0. The van der Waals surface area contributed by atoms with E-state index in [0.29, 0.717) is 58.3 Å². The number of rotatable bonds is 6. The lowest BCUT2D eigenvalue weighted by molar-refractivity contribution is -0.384. The van der Waals surface area contributed by atoms with E-state index in [1.54, 1.807) is 18.2 Å². The van der Waals surface area contributed by atoms with Gasteiger partial charge in [0, 0.05) is 36.1 Å². The van der Waals surface area contributed by atoms with E-state index in [1.165, 1.54) is 40.6 Å². The van der Waals surface area contributed by atoms with Crippen molar-refractivity contribution in [1.29, 1.82) is 0 Å². The number of nitro benzene ring substituents is 1. The van der Waals surface area contributed by atoms with Gasteiger partial charge < -0.3 is 14.8 Å². The van der Waals surface area contributed by atoms with Crippen LogP contribution < -0.4 is 20.3 Å². The summed E-state index contributed by atoms with van der Waals surface area (Å²) in [5.74, 6) is 1.70. The average Bonchev–Trinajstić information content (AvgIpc) is 3.32. The molecular formula is C22H18N4O6S2. The number of anilines is 1. The quantitative estimate of drug-likeness (QED) is 0.236. The summed E-state index contributed by atoms with van der Waals surface area (Å²) in [6.07, 6.45) is 0.674. The highest BCUT2D eigenvalue weighted by Crippen LogP contribution is 2.33. The average molecular weight is 499 g/mol. The van der Waals surface area contributed by atoms with Gasteiger partial charge in [-0.1, -0.05) is 11.8 Å². The van der Waals surface area contributed by atoms with E-state index in [4.69, 9.17) is 9.47 Å². The molecule has 0 spiro atoms. The van der Waals surface area contributed by atoms with Crippen LogP contribution in [0.4, 0.5) is 11.4 Å². The van der Waals surface area contributed by atoms with Crippen molar-refractivity contribution >= 4 is 40.8 Å². The van der Waals surface area contributed by atoms with Gasteiger partial charge in [0.2, 0.25) is 5.91 Å². The molecule has 5 rings (SSSR count). The topological polar surface area (TPSA) is 126 Å². The molecule has 0 atom stereocenters. The monoisotopic (exact) mass is 498 g/mol. The van der Waals surface area contributed by atoms with Crippen LogP contribution in [-0.4, -0.2) is 45.1 Å². The highest BCUT2D eigenvalue weighted by Gasteiger charge is 2.23. The number of non-ortho nitro benzene ring substituents is 1. The third-order valence-corrected chi connectivity index (χ3v) is 7.19. The Balaban J connectivity index is 1.38. The van der Waals surface area contributed by atoms with Crippen molar-refractivity contribution in [3.63, 3.8) is 0 Å². The molecule has 0 bridgehead atoms. The summed E-state index contributed by atoms with van der Waals surface area (Å²) in [6, 6.07) is 10.9. The number of nitrogens with zero attached hydrogens (tertiary/aromatic N) is 3. The molecule has 0 unspecified atom stereocenters. The van der Waals surface area contributed by atoms with Crippen LogP contribution in [0.2, 0.25) is 0 Å². The maximum absolute atomic E-state index is 13.2. The van der Waals surface area contributed by atoms with Gasteiger partial charge in [0.15, 0.2) is 16.7 Å². The first kappa shape index (κ1) is 22.3. The van der Waals surface area contributed by atoms with E-state index >= 15 is 0 Å². The lowest BCUT2D eigenvalue weighted by atomic mass is 10.2. The number of hydrogen-bond acceptors (Lipinski definition) is 9. The van der Waals surface area contributed by atoms with Crippen LogP contribution in [0.5, 0.6) is 11.5 Å². The molecule has 0 saturated carbocycles. The Kier molecular flexibility index (Phi) is 6.16. The van der Waals surface area contributed by atoms with Gasteiger partial charge in [-0.2, -0.15) is 0 Å². The van der Waals surface area contributed by atoms with E-state index in [2.05, 4.69) is 10.3 Å². The molecule has 12 heteroatoms. The zero-order valence-electron chi connectivity index (χ0n) is 17.7. The molecule has 2 aliphatic rings. The van der Waals surface area contributed by atoms with Gasteiger partial charge in [-0.25, -0.2) is 4.98 Å². The molecule has 2 aliphatic heterocycles. The van der Waals surface area contributed by atoms with Gasteiger partial charge in [-0.05, 0) is 24.3 Å². The number of ether oxygens (including phenoxy) is 2. The lowest BCUT2D eigenvalue weighted by Crippen LogP contribution is -2.24. The molecule has 2 aromatic carbocycles. The van der Waals surface area contributed by atoms with Crippen molar-refractivity contribution in [2.75, 3.05) is 30.0 Å². The van der Waals surface area contributed by atoms with Crippen LogP contribution in [-0.2, 0) is 11.2 Å². The zero-order chi connectivity index (χ0) is 23.7. The van der Waals surface area contributed by atoms with Gasteiger partial charge in [0.1, 0.15) is 13.2 Å². The number of fused-ring (bicyclic) bond motifs is 2. The fraction of sp³-hybridized carbons (Fsp3) is 0.227. The molecule has 0 radical (unpaired) electrons. The number of carbonyl (C=O) groups excluding carboxylic acids is 1. The molecule has 3 heterocycles. The van der Waals surface area contributed by atoms with Gasteiger partial charge >= 0.3 is 0 Å². The first-order chi connectivity index (χ1) is 16.5. The van der Waals surface area contributed by atoms with E-state index in [9.17, 15) is 19.7 Å². The highest BCUT2D eigenvalue weighted by molar-refractivity contribution is 8.00. The lowest BCUT2D eigenvalue weighted by Gasteiger charge is -2.19. The summed E-state index contributed by atoms with van der Waals surface area (Å²) in [5, 5.41) is 14.2. The van der Waals surface area contributed by atoms with E-state index < -0.39 is 4.92 Å². The number of aromatic nitrogens is 2. The number of hydrogen-bond donors (Lipinski definition) is 1. The maximum Gasteiger partial charge on any atom is 0.272 e. The van der Waals surface area contributed by atoms with Crippen molar-refractivity contribution in [3.05, 3.63) is 68.6 Å². The van der Waals surface area contributed by atoms with Crippen molar-refractivity contribution in [2.45, 2.75) is 16.5 Å². The number of amides is 1. The van der Waals surface area contributed by atoms with Gasteiger partial charge in [0.25, 0.3) is 11.2 Å². The van der Waals surface area contributed by atoms with E-state index in [1.807, 2.05) is 0 Å². The van der Waals surface area contributed by atoms with Crippen molar-refractivity contribution < 1.29 is 19.2 Å². The second kappa shape index (κ2) is 9.39. The van der Waals surface area contributed by atoms with Crippen molar-refractivity contribution in [2.24, 2.45) is 0 Å². The van der Waals surface area contributed by atoms with Crippen LogP contribution in [0.1, 0.15) is 5.69 Å². The Morgan fingerprint density at radius 3 is 2.71 bits per heavy atom. The predicted molar refractivity (Wildman–Crippen MR) is 128 cm³/mol. The third-order valence-electron chi connectivity index (χ3n) is 5.14.